The van der Waals surface area contributed by atoms with Gasteiger partial charge in [-0.1, -0.05) is 28.1 Å². The van der Waals surface area contributed by atoms with Gasteiger partial charge in [-0.2, -0.15) is 5.10 Å². The van der Waals surface area contributed by atoms with E-state index in [-0.39, 0.29) is 0 Å². The van der Waals surface area contributed by atoms with Gasteiger partial charge in [-0.3, -0.25) is 4.68 Å². The van der Waals surface area contributed by atoms with Crippen molar-refractivity contribution in [1.82, 2.24) is 9.78 Å². The molecule has 0 amide bonds. The summed E-state index contributed by atoms with van der Waals surface area (Å²) >= 11 is 3.61. The molecule has 0 spiro atoms. The Morgan fingerprint density at radius 3 is 2.74 bits per heavy atom. The third-order valence-corrected chi connectivity index (χ3v) is 4.08. The number of ether oxygens (including phenoxy) is 1. The Kier molecular flexibility index (Phi) is 5.02. The summed E-state index contributed by atoms with van der Waals surface area (Å²) in [6, 6.07) is 8.29. The minimum atomic E-state index is 0.566. The number of methoxy groups -OCH3 is 1. The van der Waals surface area contributed by atoms with Crippen molar-refractivity contribution in [1.29, 1.82) is 0 Å². The van der Waals surface area contributed by atoms with Crippen LogP contribution in [0.1, 0.15) is 11.1 Å². The molecule has 1 atom stereocenters. The average molecular weight is 323 g/mol. The molecule has 1 aromatic heterocycles. The smallest absolute Gasteiger partial charge is 0.119 e. The van der Waals surface area contributed by atoms with Crippen LogP contribution < -0.4 is 4.74 Å². The van der Waals surface area contributed by atoms with Gasteiger partial charge in [0.25, 0.3) is 0 Å². The Morgan fingerprint density at radius 2 is 2.11 bits per heavy atom. The van der Waals surface area contributed by atoms with E-state index < -0.39 is 0 Å². The van der Waals surface area contributed by atoms with E-state index >= 15 is 0 Å². The number of benzene rings is 1. The molecule has 1 heterocycles. The first-order valence-corrected chi connectivity index (χ1v) is 7.50. The van der Waals surface area contributed by atoms with E-state index in [0.717, 1.165) is 23.9 Å². The first kappa shape index (κ1) is 14.1. The van der Waals surface area contributed by atoms with Crippen molar-refractivity contribution in [2.24, 2.45) is 13.0 Å². The molecule has 0 aliphatic rings. The lowest BCUT2D eigenvalue weighted by molar-refractivity contribution is 0.414. The topological polar surface area (TPSA) is 27.1 Å². The van der Waals surface area contributed by atoms with E-state index in [0.29, 0.717) is 5.92 Å². The highest BCUT2D eigenvalue weighted by atomic mass is 79.9. The van der Waals surface area contributed by atoms with Crippen LogP contribution in [0.15, 0.2) is 36.7 Å². The molecule has 0 saturated carbocycles. The van der Waals surface area contributed by atoms with Crippen LogP contribution in [0.3, 0.4) is 0 Å². The fourth-order valence-corrected chi connectivity index (χ4v) is 2.68. The van der Waals surface area contributed by atoms with Gasteiger partial charge in [-0.25, -0.2) is 0 Å². The van der Waals surface area contributed by atoms with Crippen LogP contribution in [0.5, 0.6) is 5.75 Å². The number of rotatable bonds is 6. The van der Waals surface area contributed by atoms with Crippen LogP contribution in [0.4, 0.5) is 0 Å². The third kappa shape index (κ3) is 4.10. The maximum absolute atomic E-state index is 5.27. The summed E-state index contributed by atoms with van der Waals surface area (Å²) in [5.41, 5.74) is 2.60. The predicted molar refractivity (Wildman–Crippen MR) is 80.9 cm³/mol. The van der Waals surface area contributed by atoms with Gasteiger partial charge < -0.3 is 4.74 Å². The van der Waals surface area contributed by atoms with Gasteiger partial charge in [0.05, 0.1) is 13.3 Å². The van der Waals surface area contributed by atoms with Gasteiger partial charge in [0.1, 0.15) is 5.75 Å². The summed E-state index contributed by atoms with van der Waals surface area (Å²) in [4.78, 5) is 0. The largest absolute Gasteiger partial charge is 0.497 e. The minimum Gasteiger partial charge on any atom is -0.497 e. The van der Waals surface area contributed by atoms with Crippen molar-refractivity contribution < 1.29 is 4.74 Å². The quantitative estimate of drug-likeness (QED) is 0.763. The molecule has 0 aliphatic heterocycles. The summed E-state index contributed by atoms with van der Waals surface area (Å²) in [6.07, 6.45) is 6.11. The van der Waals surface area contributed by atoms with E-state index in [1.807, 2.05) is 30.1 Å². The number of aryl methyl sites for hydroxylation is 1. The second-order valence-electron chi connectivity index (χ2n) is 4.80. The number of nitrogens with zero attached hydrogens (tertiary/aromatic N) is 2. The lowest BCUT2D eigenvalue weighted by atomic mass is 9.95. The Bertz CT molecular complexity index is 524. The van der Waals surface area contributed by atoms with E-state index in [4.69, 9.17) is 4.74 Å². The SMILES string of the molecule is COc1cccc(CC(CBr)Cc2cnn(C)c2)c1. The number of aromatic nitrogens is 2. The molecule has 0 aliphatic carbocycles. The molecular weight excluding hydrogens is 304 g/mol. The zero-order valence-electron chi connectivity index (χ0n) is 11.3. The summed E-state index contributed by atoms with van der Waals surface area (Å²) < 4.78 is 7.12. The maximum Gasteiger partial charge on any atom is 0.119 e. The molecule has 19 heavy (non-hydrogen) atoms. The summed E-state index contributed by atoms with van der Waals surface area (Å²) in [5, 5.41) is 5.20. The summed E-state index contributed by atoms with van der Waals surface area (Å²) in [5.74, 6) is 1.49. The van der Waals surface area contributed by atoms with Crippen molar-refractivity contribution >= 4 is 15.9 Å². The van der Waals surface area contributed by atoms with Crippen LogP contribution in [-0.2, 0) is 19.9 Å². The van der Waals surface area contributed by atoms with Crippen LogP contribution in [0.2, 0.25) is 0 Å². The lowest BCUT2D eigenvalue weighted by Crippen LogP contribution is -2.09. The summed E-state index contributed by atoms with van der Waals surface area (Å²) in [6.45, 7) is 0. The Hall–Kier alpha value is -1.29. The molecule has 0 bridgehead atoms. The normalized spacial score (nSPS) is 12.4. The molecule has 2 rings (SSSR count). The van der Waals surface area contributed by atoms with Crippen LogP contribution in [-0.4, -0.2) is 22.2 Å². The molecule has 4 heteroatoms. The molecular formula is C15H19BrN2O. The van der Waals surface area contributed by atoms with Crippen molar-refractivity contribution in [3.63, 3.8) is 0 Å². The lowest BCUT2D eigenvalue weighted by Gasteiger charge is -2.13. The second-order valence-corrected chi connectivity index (χ2v) is 5.45. The molecule has 102 valence electrons. The van der Waals surface area contributed by atoms with Crippen molar-refractivity contribution in [2.45, 2.75) is 12.8 Å². The molecule has 1 unspecified atom stereocenters. The number of hydrogen-bond acceptors (Lipinski definition) is 2. The maximum atomic E-state index is 5.27. The third-order valence-electron chi connectivity index (χ3n) is 3.16. The van der Waals surface area contributed by atoms with Crippen molar-refractivity contribution in [3.8, 4) is 5.75 Å². The minimum absolute atomic E-state index is 0.566. The molecule has 0 saturated heterocycles. The molecule has 1 aromatic carbocycles. The van der Waals surface area contributed by atoms with Crippen molar-refractivity contribution in [2.75, 3.05) is 12.4 Å². The van der Waals surface area contributed by atoms with Crippen LogP contribution in [0, 0.1) is 5.92 Å². The first-order valence-electron chi connectivity index (χ1n) is 6.37. The molecule has 0 N–H and O–H groups in total. The molecule has 0 fully saturated rings. The van der Waals surface area contributed by atoms with Crippen molar-refractivity contribution in [3.05, 3.63) is 47.8 Å². The Balaban J connectivity index is 2.01. The number of halogens is 1. The van der Waals surface area contributed by atoms with Gasteiger partial charge in [0.15, 0.2) is 0 Å². The predicted octanol–water partition coefficient (Wildman–Crippen LogP) is 3.23. The van der Waals surface area contributed by atoms with Crippen LogP contribution >= 0.6 is 15.9 Å². The Morgan fingerprint density at radius 1 is 1.32 bits per heavy atom. The zero-order chi connectivity index (χ0) is 13.7. The van der Waals surface area contributed by atoms with E-state index in [1.165, 1.54) is 11.1 Å². The van der Waals surface area contributed by atoms with Gasteiger partial charge in [-0.15, -0.1) is 0 Å². The molecule has 0 radical (unpaired) electrons. The van der Waals surface area contributed by atoms with E-state index in [2.05, 4.69) is 39.4 Å². The van der Waals surface area contributed by atoms with Gasteiger partial charge >= 0.3 is 0 Å². The number of hydrogen-bond donors (Lipinski definition) is 0. The zero-order valence-corrected chi connectivity index (χ0v) is 12.9. The van der Waals surface area contributed by atoms with Gasteiger partial charge in [-0.05, 0) is 42.0 Å². The summed E-state index contributed by atoms with van der Waals surface area (Å²) in [7, 11) is 3.66. The fourth-order valence-electron chi connectivity index (χ4n) is 2.22. The van der Waals surface area contributed by atoms with E-state index in [1.54, 1.807) is 7.11 Å². The first-order chi connectivity index (χ1) is 9.21. The van der Waals surface area contributed by atoms with Crippen LogP contribution in [0.25, 0.3) is 0 Å². The average Bonchev–Trinajstić information content (AvgIpc) is 2.83. The highest BCUT2D eigenvalue weighted by Crippen LogP contribution is 2.20. The highest BCUT2D eigenvalue weighted by molar-refractivity contribution is 9.09. The second kappa shape index (κ2) is 6.75. The molecule has 3 nitrogen and oxygen atoms in total. The van der Waals surface area contributed by atoms with Gasteiger partial charge in [0, 0.05) is 18.6 Å². The fraction of sp³-hybridized carbons (Fsp3) is 0.400. The Labute approximate surface area is 122 Å². The van der Waals surface area contributed by atoms with Gasteiger partial charge in [0.2, 0.25) is 0 Å². The standard InChI is InChI=1S/C15H19BrN2O/c1-18-11-14(10-17-18)7-13(9-16)6-12-4-3-5-15(8-12)19-2/h3-5,8,10-11,13H,6-7,9H2,1-2H3. The molecule has 2 aromatic rings. The van der Waals surface area contributed by atoms with E-state index in [9.17, 15) is 0 Å². The monoisotopic (exact) mass is 322 g/mol. The number of alkyl halides is 1. The highest BCUT2D eigenvalue weighted by Gasteiger charge is 2.11.